The molecular formula is C36H73NO4. The lowest BCUT2D eigenvalue weighted by Crippen LogP contribution is -2.35. The fourth-order valence-electron chi connectivity index (χ4n) is 5.71. The molecule has 0 aromatic carbocycles. The van der Waals surface area contributed by atoms with Gasteiger partial charge in [0.1, 0.15) is 6.10 Å². The van der Waals surface area contributed by atoms with Gasteiger partial charge in [0.05, 0.1) is 12.7 Å². The van der Waals surface area contributed by atoms with E-state index in [4.69, 9.17) is 4.74 Å². The summed E-state index contributed by atoms with van der Waals surface area (Å²) in [5, 5.41) is 19.2. The second-order valence-electron chi connectivity index (χ2n) is 12.6. The summed E-state index contributed by atoms with van der Waals surface area (Å²) in [6.07, 6.45) is 30.5. The topological polar surface area (TPSA) is 70.0 Å². The normalized spacial score (nSPS) is 12.5. The van der Waals surface area contributed by atoms with E-state index in [1.807, 2.05) is 0 Å². The van der Waals surface area contributed by atoms with Gasteiger partial charge in [-0.05, 0) is 58.0 Å². The quantitative estimate of drug-likeness (QED) is 0.0594. The van der Waals surface area contributed by atoms with Gasteiger partial charge in [-0.15, -0.1) is 0 Å². The van der Waals surface area contributed by atoms with E-state index in [2.05, 4.69) is 25.7 Å². The van der Waals surface area contributed by atoms with Gasteiger partial charge in [0, 0.05) is 13.0 Å². The maximum atomic E-state index is 12.6. The molecule has 1 unspecified atom stereocenters. The van der Waals surface area contributed by atoms with Crippen molar-refractivity contribution in [2.24, 2.45) is 0 Å². The van der Waals surface area contributed by atoms with E-state index in [-0.39, 0.29) is 18.7 Å². The lowest BCUT2D eigenvalue weighted by Gasteiger charge is -2.24. The minimum atomic E-state index is -0.646. The summed E-state index contributed by atoms with van der Waals surface area (Å²) in [6.45, 7) is 9.15. The molecule has 5 nitrogen and oxygen atoms in total. The highest BCUT2D eigenvalue weighted by molar-refractivity contribution is 5.69. The lowest BCUT2D eigenvalue weighted by atomic mass is 10.0. The van der Waals surface area contributed by atoms with Crippen LogP contribution in [0.2, 0.25) is 0 Å². The summed E-state index contributed by atoms with van der Waals surface area (Å²) in [5.41, 5.74) is 0. The average molecular weight is 584 g/mol. The second kappa shape index (κ2) is 32.3. The summed E-state index contributed by atoms with van der Waals surface area (Å²) in [5.74, 6) is 0.00932. The number of carbonyl (C=O) groups excluding carboxylic acids is 1. The number of rotatable bonds is 33. The van der Waals surface area contributed by atoms with E-state index < -0.39 is 6.10 Å². The summed E-state index contributed by atoms with van der Waals surface area (Å²) >= 11 is 0. The molecule has 0 aliphatic heterocycles. The highest BCUT2D eigenvalue weighted by atomic mass is 16.5. The SMILES string of the molecule is CCCCCCCCC(CCCCCCCC)OC(=O)CCCCCCCN(CCCCCCCC)CC(O)CO. The van der Waals surface area contributed by atoms with Crippen molar-refractivity contribution in [1.82, 2.24) is 4.90 Å². The Hall–Kier alpha value is -0.650. The van der Waals surface area contributed by atoms with Crippen LogP contribution < -0.4 is 0 Å². The Balaban J connectivity index is 4.18. The Bertz CT molecular complexity index is 514. The van der Waals surface area contributed by atoms with Gasteiger partial charge < -0.3 is 19.8 Å². The van der Waals surface area contributed by atoms with Gasteiger partial charge >= 0.3 is 5.97 Å². The van der Waals surface area contributed by atoms with Crippen LogP contribution in [-0.2, 0) is 9.53 Å². The predicted octanol–water partition coefficient (Wildman–Crippen LogP) is 9.76. The summed E-state index contributed by atoms with van der Waals surface area (Å²) < 4.78 is 5.99. The fourth-order valence-corrected chi connectivity index (χ4v) is 5.71. The van der Waals surface area contributed by atoms with Gasteiger partial charge in [0.15, 0.2) is 0 Å². The first-order valence-corrected chi connectivity index (χ1v) is 18.3. The maximum Gasteiger partial charge on any atom is 0.306 e. The van der Waals surface area contributed by atoms with Crippen molar-refractivity contribution in [2.75, 3.05) is 26.2 Å². The van der Waals surface area contributed by atoms with Gasteiger partial charge in [0.2, 0.25) is 0 Å². The molecule has 0 aromatic rings. The van der Waals surface area contributed by atoms with Crippen molar-refractivity contribution in [3.05, 3.63) is 0 Å². The number of hydrogen-bond donors (Lipinski definition) is 2. The van der Waals surface area contributed by atoms with E-state index in [0.717, 1.165) is 58.0 Å². The zero-order chi connectivity index (χ0) is 30.2. The van der Waals surface area contributed by atoms with Gasteiger partial charge in [0.25, 0.3) is 0 Å². The Morgan fingerprint density at radius 3 is 1.41 bits per heavy atom. The molecule has 0 saturated carbocycles. The van der Waals surface area contributed by atoms with Crippen LogP contribution in [0, 0.1) is 0 Å². The molecule has 0 amide bonds. The molecule has 0 fully saturated rings. The molecule has 0 aliphatic rings. The predicted molar refractivity (Wildman–Crippen MR) is 176 cm³/mol. The monoisotopic (exact) mass is 584 g/mol. The third-order valence-electron chi connectivity index (χ3n) is 8.42. The van der Waals surface area contributed by atoms with E-state index in [9.17, 15) is 15.0 Å². The number of aliphatic hydroxyl groups excluding tert-OH is 2. The number of nitrogens with zero attached hydrogens (tertiary/aromatic N) is 1. The first-order chi connectivity index (χ1) is 20.1. The number of aliphatic hydroxyl groups is 2. The van der Waals surface area contributed by atoms with Crippen LogP contribution in [0.3, 0.4) is 0 Å². The highest BCUT2D eigenvalue weighted by Crippen LogP contribution is 2.18. The van der Waals surface area contributed by atoms with Gasteiger partial charge in [-0.25, -0.2) is 0 Å². The molecule has 0 saturated heterocycles. The van der Waals surface area contributed by atoms with E-state index >= 15 is 0 Å². The van der Waals surface area contributed by atoms with Crippen molar-refractivity contribution in [1.29, 1.82) is 0 Å². The van der Waals surface area contributed by atoms with Crippen molar-refractivity contribution in [3.8, 4) is 0 Å². The average Bonchev–Trinajstić information content (AvgIpc) is 2.97. The van der Waals surface area contributed by atoms with Crippen LogP contribution in [0.25, 0.3) is 0 Å². The summed E-state index contributed by atoms with van der Waals surface area (Å²) in [6, 6.07) is 0. The molecule has 0 rings (SSSR count). The van der Waals surface area contributed by atoms with Crippen LogP contribution in [0.1, 0.15) is 188 Å². The zero-order valence-electron chi connectivity index (χ0n) is 28.0. The van der Waals surface area contributed by atoms with Gasteiger partial charge in [-0.3, -0.25) is 4.79 Å². The fraction of sp³-hybridized carbons (Fsp3) is 0.972. The number of hydrogen-bond acceptors (Lipinski definition) is 5. The Morgan fingerprint density at radius 2 is 0.976 bits per heavy atom. The van der Waals surface area contributed by atoms with E-state index in [0.29, 0.717) is 13.0 Å². The summed E-state index contributed by atoms with van der Waals surface area (Å²) in [7, 11) is 0. The lowest BCUT2D eigenvalue weighted by molar-refractivity contribution is -0.150. The van der Waals surface area contributed by atoms with Crippen molar-refractivity contribution in [3.63, 3.8) is 0 Å². The molecule has 0 spiro atoms. The smallest absolute Gasteiger partial charge is 0.306 e. The van der Waals surface area contributed by atoms with Crippen LogP contribution in [-0.4, -0.2) is 59.5 Å². The second-order valence-corrected chi connectivity index (χ2v) is 12.6. The Morgan fingerprint density at radius 1 is 0.585 bits per heavy atom. The Kier molecular flexibility index (Phi) is 31.8. The van der Waals surface area contributed by atoms with E-state index in [1.165, 1.54) is 116 Å². The molecule has 41 heavy (non-hydrogen) atoms. The molecule has 0 bridgehead atoms. The van der Waals surface area contributed by atoms with Crippen LogP contribution >= 0.6 is 0 Å². The molecule has 2 N–H and O–H groups in total. The Labute approximate surface area is 256 Å². The first kappa shape index (κ1) is 40.4. The zero-order valence-corrected chi connectivity index (χ0v) is 28.0. The molecular weight excluding hydrogens is 510 g/mol. The standard InChI is InChI=1S/C36H73NO4/c1-4-7-10-13-17-22-27-35(28-23-18-14-11-8-5-2)41-36(40)29-24-19-16-21-26-31-37(32-34(39)33-38)30-25-20-15-12-9-6-3/h34-35,38-39H,4-33H2,1-3H3. The third kappa shape index (κ3) is 29.2. The summed E-state index contributed by atoms with van der Waals surface area (Å²) in [4.78, 5) is 14.9. The van der Waals surface area contributed by atoms with Crippen molar-refractivity contribution in [2.45, 2.75) is 200 Å². The third-order valence-corrected chi connectivity index (χ3v) is 8.42. The number of carbonyl (C=O) groups is 1. The number of esters is 1. The van der Waals surface area contributed by atoms with Crippen molar-refractivity contribution >= 4 is 5.97 Å². The largest absolute Gasteiger partial charge is 0.462 e. The molecule has 0 radical (unpaired) electrons. The molecule has 0 aliphatic carbocycles. The maximum absolute atomic E-state index is 12.6. The molecule has 0 aromatic heterocycles. The minimum absolute atomic E-state index is 0.00932. The van der Waals surface area contributed by atoms with Crippen LogP contribution in [0.15, 0.2) is 0 Å². The number of ether oxygens (including phenoxy) is 1. The molecule has 0 heterocycles. The first-order valence-electron chi connectivity index (χ1n) is 18.3. The minimum Gasteiger partial charge on any atom is -0.462 e. The van der Waals surface area contributed by atoms with Crippen LogP contribution in [0.5, 0.6) is 0 Å². The molecule has 1 atom stereocenters. The molecule has 5 heteroatoms. The van der Waals surface area contributed by atoms with Gasteiger partial charge in [-0.2, -0.15) is 0 Å². The number of unbranched alkanes of at least 4 members (excludes halogenated alkanes) is 19. The van der Waals surface area contributed by atoms with Crippen molar-refractivity contribution < 1.29 is 19.7 Å². The van der Waals surface area contributed by atoms with Crippen LogP contribution in [0.4, 0.5) is 0 Å². The van der Waals surface area contributed by atoms with Gasteiger partial charge in [-0.1, -0.05) is 136 Å². The highest BCUT2D eigenvalue weighted by Gasteiger charge is 2.14. The van der Waals surface area contributed by atoms with E-state index in [1.54, 1.807) is 0 Å². The molecule has 246 valence electrons.